The number of aryl methyl sites for hydroxylation is 1. The molecule has 0 radical (unpaired) electrons. The van der Waals surface area contributed by atoms with Crippen LogP contribution in [0, 0.1) is 6.92 Å². The average molecular weight is 302 g/mol. The molecule has 0 atom stereocenters. The maximum atomic E-state index is 6.08. The van der Waals surface area contributed by atoms with Crippen molar-refractivity contribution >= 4 is 28.3 Å². The molecule has 0 aliphatic carbocycles. The SMILES string of the molecule is CCCOc1cccc2c1nc(N)n2Cc1ncc(C)s1. The molecule has 6 heteroatoms. The van der Waals surface area contributed by atoms with E-state index in [1.165, 1.54) is 4.88 Å². The van der Waals surface area contributed by atoms with Crippen molar-refractivity contribution in [3.05, 3.63) is 34.3 Å². The molecule has 3 aromatic rings. The maximum Gasteiger partial charge on any atom is 0.201 e. The summed E-state index contributed by atoms with van der Waals surface area (Å²) in [6, 6.07) is 5.92. The molecule has 1 aromatic carbocycles. The number of aromatic nitrogens is 3. The van der Waals surface area contributed by atoms with E-state index < -0.39 is 0 Å². The molecule has 0 unspecified atom stereocenters. The lowest BCUT2D eigenvalue weighted by molar-refractivity contribution is 0.320. The largest absolute Gasteiger partial charge is 0.491 e. The molecule has 0 aliphatic heterocycles. The van der Waals surface area contributed by atoms with E-state index >= 15 is 0 Å². The molecule has 2 aromatic heterocycles. The van der Waals surface area contributed by atoms with Crippen molar-refractivity contribution in [1.29, 1.82) is 0 Å². The summed E-state index contributed by atoms with van der Waals surface area (Å²) >= 11 is 1.67. The fourth-order valence-corrected chi connectivity index (χ4v) is 3.02. The lowest BCUT2D eigenvalue weighted by atomic mass is 10.3. The molecular weight excluding hydrogens is 284 g/mol. The Bertz CT molecular complexity index is 762. The Labute approximate surface area is 127 Å². The van der Waals surface area contributed by atoms with Crippen molar-refractivity contribution in [2.75, 3.05) is 12.3 Å². The molecule has 5 nitrogen and oxygen atoms in total. The number of ether oxygens (including phenoxy) is 1. The number of hydrogen-bond donors (Lipinski definition) is 1. The van der Waals surface area contributed by atoms with Crippen molar-refractivity contribution in [2.45, 2.75) is 26.8 Å². The summed E-state index contributed by atoms with van der Waals surface area (Å²) in [6.07, 6.45) is 2.84. The molecule has 0 saturated heterocycles. The smallest absolute Gasteiger partial charge is 0.201 e. The highest BCUT2D eigenvalue weighted by molar-refractivity contribution is 7.11. The van der Waals surface area contributed by atoms with Gasteiger partial charge in [-0.3, -0.25) is 0 Å². The van der Waals surface area contributed by atoms with Crippen molar-refractivity contribution < 1.29 is 4.74 Å². The van der Waals surface area contributed by atoms with Gasteiger partial charge in [0.15, 0.2) is 0 Å². The zero-order valence-electron chi connectivity index (χ0n) is 12.2. The van der Waals surface area contributed by atoms with Crippen LogP contribution in [-0.2, 0) is 6.54 Å². The Balaban J connectivity index is 2.00. The molecule has 3 rings (SSSR count). The van der Waals surface area contributed by atoms with E-state index in [0.717, 1.165) is 28.2 Å². The standard InChI is InChI=1S/C15H18N4OS/c1-3-7-20-12-6-4-5-11-14(12)18-15(16)19(11)9-13-17-8-10(2)21-13/h4-6,8H,3,7,9H2,1-2H3,(H2,16,18). The molecule has 0 spiro atoms. The maximum absolute atomic E-state index is 6.08. The second-order valence-electron chi connectivity index (χ2n) is 4.89. The van der Waals surface area contributed by atoms with Crippen LogP contribution in [0.15, 0.2) is 24.4 Å². The Hall–Kier alpha value is -2.08. The monoisotopic (exact) mass is 302 g/mol. The van der Waals surface area contributed by atoms with Gasteiger partial charge in [0.25, 0.3) is 0 Å². The third-order valence-corrected chi connectivity index (χ3v) is 4.09. The average Bonchev–Trinajstić information content (AvgIpc) is 3.02. The van der Waals surface area contributed by atoms with Crippen LogP contribution in [0.4, 0.5) is 5.95 Å². The van der Waals surface area contributed by atoms with Gasteiger partial charge in [-0.05, 0) is 25.5 Å². The third-order valence-electron chi connectivity index (χ3n) is 3.20. The van der Waals surface area contributed by atoms with Crippen LogP contribution in [0.3, 0.4) is 0 Å². The van der Waals surface area contributed by atoms with Crippen molar-refractivity contribution in [3.8, 4) is 5.75 Å². The fraction of sp³-hybridized carbons (Fsp3) is 0.333. The summed E-state index contributed by atoms with van der Waals surface area (Å²) in [5.41, 5.74) is 7.88. The molecule has 0 fully saturated rings. The molecule has 0 amide bonds. The minimum Gasteiger partial charge on any atom is -0.491 e. The quantitative estimate of drug-likeness (QED) is 0.786. The van der Waals surface area contributed by atoms with E-state index in [9.17, 15) is 0 Å². The number of imidazole rings is 1. The zero-order valence-corrected chi connectivity index (χ0v) is 13.0. The Morgan fingerprint density at radius 3 is 2.95 bits per heavy atom. The Morgan fingerprint density at radius 2 is 2.24 bits per heavy atom. The summed E-state index contributed by atoms with van der Waals surface area (Å²) in [7, 11) is 0. The fourth-order valence-electron chi connectivity index (χ4n) is 2.24. The second kappa shape index (κ2) is 5.73. The van der Waals surface area contributed by atoms with E-state index in [1.54, 1.807) is 11.3 Å². The number of thiazole rings is 1. The topological polar surface area (TPSA) is 66.0 Å². The molecule has 0 aliphatic rings. The van der Waals surface area contributed by atoms with Gasteiger partial charge in [-0.1, -0.05) is 13.0 Å². The highest BCUT2D eigenvalue weighted by Crippen LogP contribution is 2.28. The summed E-state index contributed by atoms with van der Waals surface area (Å²) in [5, 5.41) is 1.03. The van der Waals surface area contributed by atoms with Gasteiger partial charge in [-0.25, -0.2) is 9.97 Å². The molecule has 0 saturated carbocycles. The second-order valence-corrected chi connectivity index (χ2v) is 6.21. The first kappa shape index (κ1) is 13.9. The summed E-state index contributed by atoms with van der Waals surface area (Å²) in [4.78, 5) is 10.0. The van der Waals surface area contributed by atoms with Crippen LogP contribution < -0.4 is 10.5 Å². The van der Waals surface area contributed by atoms with Crippen LogP contribution in [0.2, 0.25) is 0 Å². The first-order valence-electron chi connectivity index (χ1n) is 6.98. The predicted molar refractivity (Wildman–Crippen MR) is 85.9 cm³/mol. The van der Waals surface area contributed by atoms with E-state index in [-0.39, 0.29) is 0 Å². The van der Waals surface area contributed by atoms with Gasteiger partial charge in [0.05, 0.1) is 18.7 Å². The number of anilines is 1. The van der Waals surface area contributed by atoms with Gasteiger partial charge in [0.1, 0.15) is 16.3 Å². The number of fused-ring (bicyclic) bond motifs is 1. The number of hydrogen-bond acceptors (Lipinski definition) is 5. The van der Waals surface area contributed by atoms with E-state index in [2.05, 4.69) is 16.9 Å². The van der Waals surface area contributed by atoms with Crippen LogP contribution in [0.25, 0.3) is 11.0 Å². The summed E-state index contributed by atoms with van der Waals surface area (Å²) < 4.78 is 7.73. The van der Waals surface area contributed by atoms with Gasteiger partial charge in [-0.15, -0.1) is 11.3 Å². The van der Waals surface area contributed by atoms with Gasteiger partial charge in [0.2, 0.25) is 5.95 Å². The van der Waals surface area contributed by atoms with Crippen LogP contribution in [0.5, 0.6) is 5.75 Å². The number of nitrogens with two attached hydrogens (primary N) is 1. The first-order valence-corrected chi connectivity index (χ1v) is 7.79. The van der Waals surface area contributed by atoms with Crippen LogP contribution in [0.1, 0.15) is 23.2 Å². The highest BCUT2D eigenvalue weighted by Gasteiger charge is 2.13. The molecular formula is C15H18N4OS. The molecule has 110 valence electrons. The highest BCUT2D eigenvalue weighted by atomic mass is 32.1. The minimum atomic E-state index is 0.491. The molecule has 21 heavy (non-hydrogen) atoms. The summed E-state index contributed by atoms with van der Waals surface area (Å²) in [5.74, 6) is 1.28. The normalized spacial score (nSPS) is 11.1. The van der Waals surface area contributed by atoms with E-state index in [4.69, 9.17) is 10.5 Å². The summed E-state index contributed by atoms with van der Waals surface area (Å²) in [6.45, 7) is 5.45. The Morgan fingerprint density at radius 1 is 1.38 bits per heavy atom. The number of para-hydroxylation sites is 1. The zero-order chi connectivity index (χ0) is 14.8. The lowest BCUT2D eigenvalue weighted by Crippen LogP contribution is -2.04. The molecule has 2 N–H and O–H groups in total. The van der Waals surface area contributed by atoms with Gasteiger partial charge < -0.3 is 15.0 Å². The van der Waals surface area contributed by atoms with Crippen LogP contribution >= 0.6 is 11.3 Å². The number of nitrogen functional groups attached to an aromatic ring is 1. The first-order chi connectivity index (χ1) is 10.2. The third kappa shape index (κ3) is 2.71. The van der Waals surface area contributed by atoms with Gasteiger partial charge >= 0.3 is 0 Å². The van der Waals surface area contributed by atoms with Crippen molar-refractivity contribution in [2.24, 2.45) is 0 Å². The number of nitrogens with zero attached hydrogens (tertiary/aromatic N) is 3. The molecule has 2 heterocycles. The number of rotatable bonds is 5. The number of benzene rings is 1. The van der Waals surface area contributed by atoms with Gasteiger partial charge in [0, 0.05) is 11.1 Å². The van der Waals surface area contributed by atoms with Crippen molar-refractivity contribution in [3.63, 3.8) is 0 Å². The Kier molecular flexibility index (Phi) is 3.79. The van der Waals surface area contributed by atoms with E-state index in [0.29, 0.717) is 19.1 Å². The minimum absolute atomic E-state index is 0.491. The van der Waals surface area contributed by atoms with Crippen molar-refractivity contribution in [1.82, 2.24) is 14.5 Å². The predicted octanol–water partition coefficient (Wildman–Crippen LogP) is 3.22. The molecule has 0 bridgehead atoms. The van der Waals surface area contributed by atoms with Crippen LogP contribution in [-0.4, -0.2) is 21.1 Å². The van der Waals surface area contributed by atoms with E-state index in [1.807, 2.05) is 35.9 Å². The lowest BCUT2D eigenvalue weighted by Gasteiger charge is -2.06. The van der Waals surface area contributed by atoms with Gasteiger partial charge in [-0.2, -0.15) is 0 Å².